The van der Waals surface area contributed by atoms with E-state index in [2.05, 4.69) is 21.2 Å². The van der Waals surface area contributed by atoms with Gasteiger partial charge in [-0.1, -0.05) is 11.6 Å². The fourth-order valence-corrected chi connectivity index (χ4v) is 3.38. The molecule has 1 nitrogen and oxygen atoms in total. The third kappa shape index (κ3) is 4.19. The maximum absolute atomic E-state index is 14.1. The molecule has 2 aromatic rings. The number of nitrogens with one attached hydrogen (secondary N) is 1. The topological polar surface area (TPSA) is 12.0 Å². The molecular formula is C15H13BrClF2NS. The molecule has 6 heteroatoms. The summed E-state index contributed by atoms with van der Waals surface area (Å²) in [6.45, 7) is 0. The van der Waals surface area contributed by atoms with Gasteiger partial charge in [-0.2, -0.15) is 0 Å². The van der Waals surface area contributed by atoms with Crippen LogP contribution in [0, 0.1) is 11.6 Å². The van der Waals surface area contributed by atoms with Crippen molar-refractivity contribution in [2.75, 3.05) is 12.8 Å². The lowest BCUT2D eigenvalue weighted by molar-refractivity contribution is 0.510. The van der Waals surface area contributed by atoms with Gasteiger partial charge >= 0.3 is 0 Å². The summed E-state index contributed by atoms with van der Waals surface area (Å²) < 4.78 is 28.3. The van der Waals surface area contributed by atoms with Gasteiger partial charge in [0.15, 0.2) is 0 Å². The molecule has 0 aliphatic rings. The molecule has 112 valence electrons. The molecule has 0 aliphatic carbocycles. The van der Waals surface area contributed by atoms with Gasteiger partial charge in [-0.05, 0) is 59.4 Å². The third-order valence-electron chi connectivity index (χ3n) is 3.01. The minimum absolute atomic E-state index is 0.0494. The molecule has 0 saturated heterocycles. The van der Waals surface area contributed by atoms with Crippen LogP contribution in [0.25, 0.3) is 0 Å². The van der Waals surface area contributed by atoms with Gasteiger partial charge in [0.1, 0.15) is 11.6 Å². The van der Waals surface area contributed by atoms with Crippen LogP contribution in [0.1, 0.15) is 11.6 Å². The monoisotopic (exact) mass is 391 g/mol. The lowest BCUT2D eigenvalue weighted by atomic mass is 10.1. The molecule has 21 heavy (non-hydrogen) atoms. The summed E-state index contributed by atoms with van der Waals surface area (Å²) in [6, 6.07) is 9.55. The molecule has 0 saturated carbocycles. The van der Waals surface area contributed by atoms with E-state index < -0.39 is 17.7 Å². The zero-order valence-corrected chi connectivity index (χ0v) is 14.3. The van der Waals surface area contributed by atoms with Gasteiger partial charge < -0.3 is 5.32 Å². The van der Waals surface area contributed by atoms with Gasteiger partial charge in [-0.25, -0.2) is 8.78 Å². The Morgan fingerprint density at radius 1 is 1.19 bits per heavy atom. The van der Waals surface area contributed by atoms with Crippen LogP contribution in [0.5, 0.6) is 0 Å². The first-order chi connectivity index (χ1) is 10.0. The van der Waals surface area contributed by atoms with E-state index in [9.17, 15) is 8.78 Å². The van der Waals surface area contributed by atoms with E-state index in [4.69, 9.17) is 11.6 Å². The molecule has 1 atom stereocenters. The van der Waals surface area contributed by atoms with Crippen molar-refractivity contribution < 1.29 is 8.78 Å². The summed E-state index contributed by atoms with van der Waals surface area (Å²) in [5.74, 6) is -0.611. The quantitative estimate of drug-likeness (QED) is 0.537. The second-order valence-electron chi connectivity index (χ2n) is 4.36. The van der Waals surface area contributed by atoms with Crippen molar-refractivity contribution in [2.45, 2.75) is 10.9 Å². The van der Waals surface area contributed by atoms with Crippen molar-refractivity contribution in [3.05, 3.63) is 63.1 Å². The Labute approximate surface area is 140 Å². The second-order valence-corrected chi connectivity index (χ2v) is 6.75. The van der Waals surface area contributed by atoms with Gasteiger partial charge in [0.25, 0.3) is 0 Å². The Hall–Kier alpha value is -0.620. The van der Waals surface area contributed by atoms with Crippen LogP contribution >= 0.6 is 39.3 Å². The molecule has 0 fully saturated rings. The van der Waals surface area contributed by atoms with Crippen LogP contribution in [0.4, 0.5) is 8.78 Å². The first-order valence-electron chi connectivity index (χ1n) is 6.22. The van der Waals surface area contributed by atoms with Crippen molar-refractivity contribution in [1.29, 1.82) is 0 Å². The molecule has 0 amide bonds. The first-order valence-corrected chi connectivity index (χ1v) is 8.37. The molecule has 0 aromatic heterocycles. The zero-order chi connectivity index (χ0) is 15.4. The number of hydrogen-bond donors (Lipinski definition) is 1. The predicted octanol–water partition coefficient (Wildman–Crippen LogP) is 5.43. The van der Waals surface area contributed by atoms with Crippen LogP contribution in [-0.4, -0.2) is 12.8 Å². The average molecular weight is 393 g/mol. The minimum Gasteiger partial charge on any atom is -0.312 e. The van der Waals surface area contributed by atoms with Gasteiger partial charge in [0.05, 0.1) is 4.47 Å². The number of benzene rings is 2. The molecule has 0 spiro atoms. The van der Waals surface area contributed by atoms with Gasteiger partial charge in [0, 0.05) is 27.3 Å². The Balaban J connectivity index is 2.17. The molecule has 0 aliphatic heterocycles. The molecule has 0 radical (unpaired) electrons. The van der Waals surface area contributed by atoms with Crippen molar-refractivity contribution in [3.63, 3.8) is 0 Å². The Morgan fingerprint density at radius 3 is 2.48 bits per heavy atom. The molecule has 1 unspecified atom stereocenters. The number of halogens is 4. The van der Waals surface area contributed by atoms with E-state index in [0.29, 0.717) is 10.8 Å². The fraction of sp³-hybridized carbons (Fsp3) is 0.200. The van der Waals surface area contributed by atoms with E-state index >= 15 is 0 Å². The SMILES string of the molecule is CNC(CSc1ccc(Cl)cc1)c1c(F)ccc(Br)c1F. The molecule has 0 bridgehead atoms. The summed E-state index contributed by atoms with van der Waals surface area (Å²) in [5, 5.41) is 3.62. The molecular weight excluding hydrogens is 380 g/mol. The average Bonchev–Trinajstić information content (AvgIpc) is 2.48. The molecule has 2 rings (SSSR count). The maximum atomic E-state index is 14.1. The van der Waals surface area contributed by atoms with Crippen LogP contribution in [0.2, 0.25) is 5.02 Å². The van der Waals surface area contributed by atoms with Crippen molar-refractivity contribution in [1.82, 2.24) is 5.32 Å². The zero-order valence-electron chi connectivity index (χ0n) is 11.2. The highest BCUT2D eigenvalue weighted by atomic mass is 79.9. The van der Waals surface area contributed by atoms with E-state index in [1.165, 1.54) is 23.9 Å². The first kappa shape index (κ1) is 16.7. The van der Waals surface area contributed by atoms with E-state index in [1.807, 2.05) is 12.1 Å². The lowest BCUT2D eigenvalue weighted by Crippen LogP contribution is -2.21. The predicted molar refractivity (Wildman–Crippen MR) is 88.0 cm³/mol. The highest BCUT2D eigenvalue weighted by Crippen LogP contribution is 2.31. The lowest BCUT2D eigenvalue weighted by Gasteiger charge is -2.18. The summed E-state index contributed by atoms with van der Waals surface area (Å²) >= 11 is 10.4. The Bertz CT molecular complexity index is 622. The van der Waals surface area contributed by atoms with Crippen molar-refractivity contribution in [3.8, 4) is 0 Å². The number of rotatable bonds is 5. The smallest absolute Gasteiger partial charge is 0.145 e. The summed E-state index contributed by atoms with van der Waals surface area (Å²) in [7, 11) is 1.69. The molecule has 2 aromatic carbocycles. The number of thioether (sulfide) groups is 1. The summed E-state index contributed by atoms with van der Waals surface area (Å²) in [4.78, 5) is 0.996. The van der Waals surface area contributed by atoms with Gasteiger partial charge in [-0.3, -0.25) is 0 Å². The second kappa shape index (κ2) is 7.58. The van der Waals surface area contributed by atoms with Crippen LogP contribution in [-0.2, 0) is 0 Å². The van der Waals surface area contributed by atoms with Crippen molar-refractivity contribution in [2.24, 2.45) is 0 Å². The normalized spacial score (nSPS) is 12.4. The number of hydrogen-bond acceptors (Lipinski definition) is 2. The van der Waals surface area contributed by atoms with E-state index in [-0.39, 0.29) is 10.0 Å². The van der Waals surface area contributed by atoms with Gasteiger partial charge in [-0.15, -0.1) is 11.8 Å². The Morgan fingerprint density at radius 2 is 1.86 bits per heavy atom. The van der Waals surface area contributed by atoms with Crippen LogP contribution < -0.4 is 5.32 Å². The highest BCUT2D eigenvalue weighted by Gasteiger charge is 2.21. The fourth-order valence-electron chi connectivity index (χ4n) is 1.88. The molecule has 0 heterocycles. The van der Waals surface area contributed by atoms with Crippen LogP contribution in [0.3, 0.4) is 0 Å². The maximum Gasteiger partial charge on any atom is 0.145 e. The Kier molecular flexibility index (Phi) is 6.05. The minimum atomic E-state index is -0.564. The van der Waals surface area contributed by atoms with Gasteiger partial charge in [0.2, 0.25) is 0 Å². The van der Waals surface area contributed by atoms with E-state index in [1.54, 1.807) is 19.2 Å². The van der Waals surface area contributed by atoms with Crippen molar-refractivity contribution >= 4 is 39.3 Å². The highest BCUT2D eigenvalue weighted by molar-refractivity contribution is 9.10. The summed E-state index contributed by atoms with van der Waals surface area (Å²) in [5.41, 5.74) is 0.0494. The molecule has 1 N–H and O–H groups in total. The largest absolute Gasteiger partial charge is 0.312 e. The third-order valence-corrected chi connectivity index (χ3v) is 4.98. The van der Waals surface area contributed by atoms with E-state index in [0.717, 1.165) is 4.90 Å². The standard InChI is InChI=1S/C15H13BrClF2NS/c1-20-13(8-21-10-4-2-9(17)3-5-10)14-12(18)7-6-11(16)15(14)19/h2-7,13,20H,8H2,1H3. The van der Waals surface area contributed by atoms with Crippen LogP contribution in [0.15, 0.2) is 45.8 Å². The summed E-state index contributed by atoms with van der Waals surface area (Å²) in [6.07, 6.45) is 0.